The number of hydrogen-bond acceptors (Lipinski definition) is 8. The van der Waals surface area contributed by atoms with Crippen molar-refractivity contribution in [2.24, 2.45) is 0 Å². The van der Waals surface area contributed by atoms with Crippen LogP contribution in [0.4, 0.5) is 0 Å². The zero-order valence-electron chi connectivity index (χ0n) is 18.8. The van der Waals surface area contributed by atoms with Crippen molar-refractivity contribution < 1.29 is 38.1 Å². The van der Waals surface area contributed by atoms with E-state index in [1.165, 1.54) is 6.92 Å². The molecule has 0 bridgehead atoms. The molecule has 8 heteroatoms. The molecule has 1 fully saturated rings. The molecule has 0 N–H and O–H groups in total. The summed E-state index contributed by atoms with van der Waals surface area (Å²) >= 11 is 0. The van der Waals surface area contributed by atoms with Gasteiger partial charge in [0.15, 0.2) is 12.2 Å². The van der Waals surface area contributed by atoms with Crippen molar-refractivity contribution in [2.45, 2.75) is 44.4 Å². The fourth-order valence-corrected chi connectivity index (χ4v) is 3.38. The molecule has 0 amide bonds. The van der Waals surface area contributed by atoms with Crippen molar-refractivity contribution in [1.82, 2.24) is 0 Å². The van der Waals surface area contributed by atoms with Gasteiger partial charge >= 0.3 is 17.9 Å². The van der Waals surface area contributed by atoms with E-state index in [-0.39, 0.29) is 13.2 Å². The van der Waals surface area contributed by atoms with Crippen LogP contribution < -0.4 is 0 Å². The highest BCUT2D eigenvalue weighted by Gasteiger charge is 2.50. The van der Waals surface area contributed by atoms with Gasteiger partial charge in [-0.05, 0) is 30.7 Å². The summed E-state index contributed by atoms with van der Waals surface area (Å²) in [6.07, 6.45) is 2.30. The Balaban J connectivity index is 1.78. The van der Waals surface area contributed by atoms with Crippen molar-refractivity contribution >= 4 is 17.9 Å². The van der Waals surface area contributed by atoms with Crippen molar-refractivity contribution in [1.29, 1.82) is 0 Å². The Morgan fingerprint density at radius 2 is 1.53 bits per heavy atom. The van der Waals surface area contributed by atoms with Crippen LogP contribution in [0.5, 0.6) is 0 Å². The van der Waals surface area contributed by atoms with Crippen LogP contribution in [-0.4, -0.2) is 55.7 Å². The summed E-state index contributed by atoms with van der Waals surface area (Å²) in [5, 5.41) is 0. The number of terminal acetylenes is 1. The number of hydrogen-bond donors (Lipinski definition) is 0. The van der Waals surface area contributed by atoms with Crippen molar-refractivity contribution in [3.05, 3.63) is 71.8 Å². The number of esters is 3. The lowest BCUT2D eigenvalue weighted by atomic mass is 10.1. The lowest BCUT2D eigenvalue weighted by Gasteiger charge is -2.24. The van der Waals surface area contributed by atoms with Gasteiger partial charge in [-0.15, -0.1) is 12.3 Å². The summed E-state index contributed by atoms with van der Waals surface area (Å²) in [5.74, 6) is 0.733. The van der Waals surface area contributed by atoms with Crippen LogP contribution in [0.1, 0.15) is 40.5 Å². The van der Waals surface area contributed by atoms with E-state index in [0.29, 0.717) is 24.0 Å². The minimum atomic E-state index is -1.16. The van der Waals surface area contributed by atoms with Gasteiger partial charge in [-0.1, -0.05) is 36.4 Å². The van der Waals surface area contributed by atoms with Gasteiger partial charge in [-0.25, -0.2) is 9.59 Å². The molecule has 2 aromatic carbocycles. The molecule has 1 unspecified atom stereocenters. The molecule has 2 aromatic rings. The largest absolute Gasteiger partial charge is 0.459 e. The Labute approximate surface area is 198 Å². The number of carbonyl (C=O) groups excluding carboxylic acids is 3. The second-order valence-corrected chi connectivity index (χ2v) is 7.50. The van der Waals surface area contributed by atoms with Crippen LogP contribution in [0.3, 0.4) is 0 Å². The van der Waals surface area contributed by atoms with Crippen LogP contribution in [0.25, 0.3) is 0 Å². The molecule has 0 aromatic heterocycles. The Kier molecular flexibility index (Phi) is 9.21. The molecule has 34 heavy (non-hydrogen) atoms. The minimum absolute atomic E-state index is 0.228. The van der Waals surface area contributed by atoms with Gasteiger partial charge in [0.1, 0.15) is 12.7 Å². The van der Waals surface area contributed by atoms with E-state index < -0.39 is 42.5 Å². The summed E-state index contributed by atoms with van der Waals surface area (Å²) < 4.78 is 28.1. The Hall–Kier alpha value is -3.67. The van der Waals surface area contributed by atoms with Crippen LogP contribution in [0.2, 0.25) is 0 Å². The Bertz CT molecular complexity index is 998. The molecule has 3 rings (SSSR count). The van der Waals surface area contributed by atoms with Crippen LogP contribution in [-0.2, 0) is 28.5 Å². The van der Waals surface area contributed by atoms with E-state index in [4.69, 9.17) is 30.1 Å². The molecule has 4 atom stereocenters. The third-order valence-electron chi connectivity index (χ3n) is 4.97. The van der Waals surface area contributed by atoms with Crippen molar-refractivity contribution in [3.8, 4) is 12.3 Å². The van der Waals surface area contributed by atoms with Gasteiger partial charge in [0.05, 0.1) is 11.1 Å². The van der Waals surface area contributed by atoms with Crippen LogP contribution in [0.15, 0.2) is 60.7 Å². The normalized spacial score (nSPS) is 21.3. The van der Waals surface area contributed by atoms with Gasteiger partial charge in [0.25, 0.3) is 0 Å². The molecular formula is C26H26O8. The summed E-state index contributed by atoms with van der Waals surface area (Å²) in [4.78, 5) is 36.8. The molecule has 0 radical (unpaired) electrons. The molecule has 8 nitrogen and oxygen atoms in total. The zero-order valence-corrected chi connectivity index (χ0v) is 18.8. The molecule has 1 saturated heterocycles. The zero-order chi connectivity index (χ0) is 24.3. The van der Waals surface area contributed by atoms with Crippen LogP contribution >= 0.6 is 0 Å². The molecule has 1 heterocycles. The monoisotopic (exact) mass is 466 g/mol. The van der Waals surface area contributed by atoms with Gasteiger partial charge in [0.2, 0.25) is 6.29 Å². The molecule has 1 aliphatic rings. The fourth-order valence-electron chi connectivity index (χ4n) is 3.38. The number of carbonyl (C=O) groups is 3. The topological polar surface area (TPSA) is 97.4 Å². The standard InChI is InChI=1S/C26H26O8/c1-3-4-11-16-30-23-22(34-25(29)20-14-9-6-10-15-20)21(33-26(23)32-18(2)27)17-31-24(28)19-12-7-5-8-13-19/h1,5-10,12-15,21-23,26H,4,11,16-17H2,2H3/t21-,22-,23-,26?/m1/s1. The first-order valence-corrected chi connectivity index (χ1v) is 10.9. The predicted molar refractivity (Wildman–Crippen MR) is 121 cm³/mol. The second-order valence-electron chi connectivity index (χ2n) is 7.50. The highest BCUT2D eigenvalue weighted by Crippen LogP contribution is 2.29. The van der Waals surface area contributed by atoms with Gasteiger partial charge in [-0.3, -0.25) is 4.79 Å². The van der Waals surface area contributed by atoms with E-state index in [0.717, 1.165) is 0 Å². The van der Waals surface area contributed by atoms with Crippen LogP contribution in [0, 0.1) is 12.3 Å². The lowest BCUT2D eigenvalue weighted by Crippen LogP contribution is -2.41. The SMILES string of the molecule is C#CCCCO[C@H]1C(OC(C)=O)O[C@H](COC(=O)c2ccccc2)[C@H]1OC(=O)c1ccccc1. The minimum Gasteiger partial charge on any atom is -0.459 e. The van der Waals surface area contributed by atoms with E-state index in [9.17, 15) is 14.4 Å². The van der Waals surface area contributed by atoms with E-state index in [1.807, 2.05) is 0 Å². The second kappa shape index (κ2) is 12.5. The average molecular weight is 466 g/mol. The quantitative estimate of drug-likeness (QED) is 0.228. The maximum atomic E-state index is 12.8. The molecular weight excluding hydrogens is 440 g/mol. The van der Waals surface area contributed by atoms with E-state index in [1.54, 1.807) is 60.7 Å². The predicted octanol–water partition coefficient (Wildman–Crippen LogP) is 3.16. The molecule has 1 aliphatic heterocycles. The Morgan fingerprint density at radius 1 is 0.912 bits per heavy atom. The summed E-state index contributed by atoms with van der Waals surface area (Å²) in [6.45, 7) is 1.21. The third-order valence-corrected chi connectivity index (χ3v) is 4.97. The number of benzene rings is 2. The van der Waals surface area contributed by atoms with Crippen molar-refractivity contribution in [2.75, 3.05) is 13.2 Å². The van der Waals surface area contributed by atoms with Gasteiger partial charge in [0, 0.05) is 20.0 Å². The molecule has 0 aliphatic carbocycles. The first kappa shape index (κ1) is 25.0. The number of unbranched alkanes of at least 4 members (excludes halogenated alkanes) is 1. The highest BCUT2D eigenvalue weighted by molar-refractivity contribution is 5.90. The first-order valence-electron chi connectivity index (χ1n) is 10.9. The van der Waals surface area contributed by atoms with E-state index in [2.05, 4.69) is 5.92 Å². The highest BCUT2D eigenvalue weighted by atomic mass is 16.7. The maximum absolute atomic E-state index is 12.8. The lowest BCUT2D eigenvalue weighted by molar-refractivity contribution is -0.193. The Morgan fingerprint density at radius 3 is 2.12 bits per heavy atom. The molecule has 0 spiro atoms. The summed E-state index contributed by atoms with van der Waals surface area (Å²) in [7, 11) is 0. The number of rotatable bonds is 10. The van der Waals surface area contributed by atoms with Gasteiger partial charge < -0.3 is 23.7 Å². The van der Waals surface area contributed by atoms with Crippen molar-refractivity contribution in [3.63, 3.8) is 0 Å². The smallest absolute Gasteiger partial charge is 0.338 e. The van der Waals surface area contributed by atoms with Gasteiger partial charge in [-0.2, -0.15) is 0 Å². The van der Waals surface area contributed by atoms with E-state index >= 15 is 0 Å². The summed E-state index contributed by atoms with van der Waals surface area (Å²) in [5.41, 5.74) is 0.682. The maximum Gasteiger partial charge on any atom is 0.338 e. The molecule has 178 valence electrons. The first-order chi connectivity index (χ1) is 16.5. The average Bonchev–Trinajstić information content (AvgIpc) is 3.16. The fraction of sp³-hybridized carbons (Fsp3) is 0.346. The molecule has 0 saturated carbocycles. The summed E-state index contributed by atoms with van der Waals surface area (Å²) in [6, 6.07) is 16.8. The number of ether oxygens (including phenoxy) is 5. The third kappa shape index (κ3) is 6.91.